The van der Waals surface area contributed by atoms with Crippen molar-refractivity contribution in [2.45, 2.75) is 26.3 Å². The summed E-state index contributed by atoms with van der Waals surface area (Å²) in [6, 6.07) is 16.1. The molecule has 0 spiro atoms. The highest BCUT2D eigenvalue weighted by Gasteiger charge is 2.20. The molecule has 2 N–H and O–H groups in total. The summed E-state index contributed by atoms with van der Waals surface area (Å²) in [6.07, 6.45) is 0.0809. The van der Waals surface area contributed by atoms with E-state index in [-0.39, 0.29) is 12.1 Å². The molecule has 0 unspecified atom stereocenters. The zero-order valence-electron chi connectivity index (χ0n) is 15.2. The third kappa shape index (κ3) is 5.81. The van der Waals surface area contributed by atoms with E-state index in [0.29, 0.717) is 11.1 Å². The molecule has 1 atom stereocenters. The number of carbonyl (C=O) groups is 3. The number of carbonyl (C=O) groups excluding carboxylic acids is 3. The first-order valence-electron chi connectivity index (χ1n) is 8.48. The third-order valence-corrected chi connectivity index (χ3v) is 3.87. The molecule has 27 heavy (non-hydrogen) atoms. The van der Waals surface area contributed by atoms with Crippen LogP contribution < -0.4 is 15.7 Å². The zero-order valence-corrected chi connectivity index (χ0v) is 15.2. The van der Waals surface area contributed by atoms with Crippen molar-refractivity contribution in [3.05, 3.63) is 83.1 Å². The highest BCUT2D eigenvalue weighted by atomic mass is 16.4. The monoisotopic (exact) mass is 365 g/mol. The van der Waals surface area contributed by atoms with Crippen LogP contribution in [-0.4, -0.2) is 23.8 Å². The Labute approximate surface area is 157 Å². The number of amides is 2. The Balaban J connectivity index is 2.12. The second-order valence-electron chi connectivity index (χ2n) is 6.23. The van der Waals surface area contributed by atoms with Crippen LogP contribution in [0.2, 0.25) is 0 Å². The van der Waals surface area contributed by atoms with E-state index in [1.165, 1.54) is 0 Å². The summed E-state index contributed by atoms with van der Waals surface area (Å²) in [5.41, 5.74) is 1.71. The molecule has 0 bridgehead atoms. The van der Waals surface area contributed by atoms with E-state index in [2.05, 4.69) is 10.6 Å². The molecular formula is C21H21N2O4-. The lowest BCUT2D eigenvalue weighted by Crippen LogP contribution is -2.51. The summed E-state index contributed by atoms with van der Waals surface area (Å²) in [5.74, 6) is -2.52. The molecule has 0 saturated heterocycles. The highest BCUT2D eigenvalue weighted by Crippen LogP contribution is 2.07. The molecule has 0 radical (unpaired) electrons. The predicted molar refractivity (Wildman–Crippen MR) is 99.4 cm³/mol. The van der Waals surface area contributed by atoms with Crippen molar-refractivity contribution in [1.29, 1.82) is 0 Å². The average molecular weight is 365 g/mol. The molecule has 140 valence electrons. The molecule has 2 amide bonds. The van der Waals surface area contributed by atoms with E-state index in [0.717, 1.165) is 5.56 Å². The van der Waals surface area contributed by atoms with Gasteiger partial charge in [-0.1, -0.05) is 48.5 Å². The quantitative estimate of drug-likeness (QED) is 0.720. The number of hydrogen-bond donors (Lipinski definition) is 2. The number of hydrogen-bond acceptors (Lipinski definition) is 4. The van der Waals surface area contributed by atoms with Gasteiger partial charge in [0.25, 0.3) is 11.8 Å². The molecule has 2 rings (SSSR count). The fraction of sp³-hybridized carbons (Fsp3) is 0.190. The van der Waals surface area contributed by atoms with Crippen LogP contribution in [0, 0.1) is 0 Å². The van der Waals surface area contributed by atoms with Crippen LogP contribution in [0.3, 0.4) is 0 Å². The van der Waals surface area contributed by atoms with Gasteiger partial charge in [0, 0.05) is 5.56 Å². The van der Waals surface area contributed by atoms with E-state index in [9.17, 15) is 19.5 Å². The first-order chi connectivity index (χ1) is 12.9. The highest BCUT2D eigenvalue weighted by molar-refractivity contribution is 6.03. The maximum absolute atomic E-state index is 12.6. The number of aliphatic carboxylic acids is 1. The Bertz CT molecular complexity index is 841. The standard InChI is InChI=1S/C21H22N2O4/c1-14(2)18(23-19(24)16-11-7-4-8-12-16)20(25)22-17(21(26)27)13-15-9-5-3-6-10-15/h3-12,17H,13H2,1-2H3,(H,22,25)(H,23,24)(H,26,27)/p-1/t17-/m1/s1. The Hall–Kier alpha value is -3.41. The molecule has 6 heteroatoms. The minimum absolute atomic E-state index is 0.0168. The van der Waals surface area contributed by atoms with Crippen LogP contribution >= 0.6 is 0 Å². The molecule has 2 aromatic rings. The van der Waals surface area contributed by atoms with E-state index < -0.39 is 23.8 Å². The summed E-state index contributed by atoms with van der Waals surface area (Å²) < 4.78 is 0. The zero-order chi connectivity index (χ0) is 19.8. The summed E-state index contributed by atoms with van der Waals surface area (Å²) in [7, 11) is 0. The number of carboxylic acid groups (broad SMARTS) is 1. The smallest absolute Gasteiger partial charge is 0.268 e. The van der Waals surface area contributed by atoms with Crippen molar-refractivity contribution < 1.29 is 19.5 Å². The topological polar surface area (TPSA) is 98.3 Å². The van der Waals surface area contributed by atoms with Crippen molar-refractivity contribution in [1.82, 2.24) is 10.6 Å². The normalized spacial score (nSPS) is 11.2. The van der Waals surface area contributed by atoms with Crippen molar-refractivity contribution in [3.63, 3.8) is 0 Å². The van der Waals surface area contributed by atoms with Gasteiger partial charge in [-0.05, 0) is 43.5 Å². The van der Waals surface area contributed by atoms with Gasteiger partial charge < -0.3 is 20.5 Å². The van der Waals surface area contributed by atoms with Crippen LogP contribution in [-0.2, 0) is 16.0 Å². The predicted octanol–water partition coefficient (Wildman–Crippen LogP) is 1.19. The number of rotatable bonds is 7. The first kappa shape index (κ1) is 19.9. The van der Waals surface area contributed by atoms with Gasteiger partial charge in [-0.2, -0.15) is 0 Å². The number of benzene rings is 2. The van der Waals surface area contributed by atoms with Gasteiger partial charge >= 0.3 is 0 Å². The summed E-state index contributed by atoms with van der Waals surface area (Å²) >= 11 is 0. The van der Waals surface area contributed by atoms with E-state index in [4.69, 9.17) is 0 Å². The maximum Gasteiger partial charge on any atom is 0.268 e. The third-order valence-electron chi connectivity index (χ3n) is 3.87. The van der Waals surface area contributed by atoms with Crippen molar-refractivity contribution >= 4 is 17.8 Å². The Kier molecular flexibility index (Phi) is 6.88. The molecule has 0 aromatic heterocycles. The summed E-state index contributed by atoms with van der Waals surface area (Å²) in [6.45, 7) is 3.32. The number of nitrogens with one attached hydrogen (secondary N) is 2. The minimum atomic E-state index is -1.39. The lowest BCUT2D eigenvalue weighted by molar-refractivity contribution is -0.308. The number of allylic oxidation sites excluding steroid dienone is 1. The van der Waals surface area contributed by atoms with Crippen molar-refractivity contribution in [3.8, 4) is 0 Å². The molecule has 0 aliphatic carbocycles. The van der Waals surface area contributed by atoms with Gasteiger partial charge in [0.05, 0.1) is 12.0 Å². The Morgan fingerprint density at radius 3 is 2.00 bits per heavy atom. The summed E-state index contributed by atoms with van der Waals surface area (Å²) in [4.78, 5) is 36.3. The van der Waals surface area contributed by atoms with Gasteiger partial charge in [0.1, 0.15) is 5.70 Å². The lowest BCUT2D eigenvalue weighted by atomic mass is 10.1. The minimum Gasteiger partial charge on any atom is -0.548 e. The van der Waals surface area contributed by atoms with Gasteiger partial charge in [-0.3, -0.25) is 9.59 Å². The second kappa shape index (κ2) is 9.33. The average Bonchev–Trinajstić information content (AvgIpc) is 2.66. The lowest BCUT2D eigenvalue weighted by Gasteiger charge is -2.21. The van der Waals surface area contributed by atoms with Gasteiger partial charge in [0.15, 0.2) is 0 Å². The van der Waals surface area contributed by atoms with Crippen LogP contribution in [0.15, 0.2) is 71.9 Å². The van der Waals surface area contributed by atoms with Gasteiger partial charge in [0.2, 0.25) is 0 Å². The van der Waals surface area contributed by atoms with E-state index >= 15 is 0 Å². The molecular weight excluding hydrogens is 344 g/mol. The van der Waals surface area contributed by atoms with Gasteiger partial charge in [-0.15, -0.1) is 0 Å². The molecule has 0 aliphatic heterocycles. The maximum atomic E-state index is 12.6. The first-order valence-corrected chi connectivity index (χ1v) is 8.48. The largest absolute Gasteiger partial charge is 0.548 e. The molecule has 2 aromatic carbocycles. The number of carboxylic acids is 1. The molecule has 0 saturated carbocycles. The fourth-order valence-corrected chi connectivity index (χ4v) is 2.46. The second-order valence-corrected chi connectivity index (χ2v) is 6.23. The Morgan fingerprint density at radius 2 is 1.48 bits per heavy atom. The van der Waals surface area contributed by atoms with Crippen LogP contribution in [0.25, 0.3) is 0 Å². The van der Waals surface area contributed by atoms with Crippen molar-refractivity contribution in [2.75, 3.05) is 0 Å². The van der Waals surface area contributed by atoms with Gasteiger partial charge in [-0.25, -0.2) is 0 Å². The SMILES string of the molecule is CC(C)=C(NC(=O)c1ccccc1)C(=O)N[C@H](Cc1ccccc1)C(=O)[O-]. The summed E-state index contributed by atoms with van der Waals surface area (Å²) in [5, 5.41) is 16.4. The van der Waals surface area contributed by atoms with E-state index in [1.54, 1.807) is 68.4 Å². The Morgan fingerprint density at radius 1 is 0.926 bits per heavy atom. The molecule has 6 nitrogen and oxygen atoms in total. The van der Waals surface area contributed by atoms with Crippen LogP contribution in [0.4, 0.5) is 0 Å². The van der Waals surface area contributed by atoms with Crippen LogP contribution in [0.5, 0.6) is 0 Å². The van der Waals surface area contributed by atoms with Crippen molar-refractivity contribution in [2.24, 2.45) is 0 Å². The molecule has 0 aliphatic rings. The fourth-order valence-electron chi connectivity index (χ4n) is 2.46. The molecule has 0 heterocycles. The van der Waals surface area contributed by atoms with E-state index in [1.807, 2.05) is 6.07 Å². The van der Waals surface area contributed by atoms with Crippen LogP contribution in [0.1, 0.15) is 29.8 Å². The molecule has 0 fully saturated rings.